The molecule has 24 heavy (non-hydrogen) atoms. The molecule has 0 aliphatic heterocycles. The summed E-state index contributed by atoms with van der Waals surface area (Å²) in [5.74, 6) is -2.51. The Hall–Kier alpha value is -2.76. The molecule has 0 bridgehead atoms. The summed E-state index contributed by atoms with van der Waals surface area (Å²) in [5, 5.41) is 8.79. The summed E-state index contributed by atoms with van der Waals surface area (Å²) < 4.78 is 80.9. The molecule has 124 valence electrons. The van der Waals surface area contributed by atoms with Crippen LogP contribution in [-0.2, 0) is 6.18 Å². The van der Waals surface area contributed by atoms with Gasteiger partial charge >= 0.3 is 6.18 Å². The number of rotatable bonds is 1. The SMILES string of the molecule is N#Cc1cc(-n2cc(C(F)(F)F)c3c2C(F)C(F)C3=O)ccc1F. The van der Waals surface area contributed by atoms with E-state index in [9.17, 15) is 31.1 Å². The molecule has 0 fully saturated rings. The number of fused-ring (bicyclic) bond motifs is 1. The lowest BCUT2D eigenvalue weighted by atomic mass is 10.1. The summed E-state index contributed by atoms with van der Waals surface area (Å²) >= 11 is 0. The van der Waals surface area contributed by atoms with Crippen molar-refractivity contribution < 1.29 is 31.1 Å². The van der Waals surface area contributed by atoms with Crippen molar-refractivity contribution in [3.05, 3.63) is 52.6 Å². The number of nitriles is 1. The van der Waals surface area contributed by atoms with Gasteiger partial charge in [0.25, 0.3) is 0 Å². The highest BCUT2D eigenvalue weighted by molar-refractivity contribution is 6.06. The molecule has 0 spiro atoms. The van der Waals surface area contributed by atoms with Crippen molar-refractivity contribution in [2.75, 3.05) is 0 Å². The number of aromatic nitrogens is 1. The van der Waals surface area contributed by atoms with Gasteiger partial charge in [0.15, 0.2) is 12.3 Å². The van der Waals surface area contributed by atoms with Crippen LogP contribution in [0.2, 0.25) is 0 Å². The fraction of sp³-hybridized carbons (Fsp3) is 0.200. The number of Topliss-reactive ketones (excluding diaryl/α,β-unsaturated/α-hetero) is 1. The molecule has 1 aliphatic rings. The molecular weight excluding hydrogens is 338 g/mol. The molecule has 0 saturated carbocycles. The fourth-order valence-corrected chi connectivity index (χ4v) is 2.64. The molecule has 3 nitrogen and oxygen atoms in total. The Balaban J connectivity index is 2.30. The smallest absolute Gasteiger partial charge is 0.316 e. The molecular formula is C15H6F6N2O. The molecule has 1 aliphatic carbocycles. The minimum absolute atomic E-state index is 0.191. The van der Waals surface area contributed by atoms with E-state index in [2.05, 4.69) is 0 Å². The van der Waals surface area contributed by atoms with Crippen molar-refractivity contribution in [3.8, 4) is 11.8 Å². The lowest BCUT2D eigenvalue weighted by Crippen LogP contribution is -2.16. The average molecular weight is 344 g/mol. The van der Waals surface area contributed by atoms with E-state index < -0.39 is 52.5 Å². The van der Waals surface area contributed by atoms with Crippen molar-refractivity contribution in [1.82, 2.24) is 4.57 Å². The lowest BCUT2D eigenvalue weighted by Gasteiger charge is -2.11. The second-order valence-corrected chi connectivity index (χ2v) is 5.11. The maximum absolute atomic E-state index is 14.0. The van der Waals surface area contributed by atoms with Crippen LogP contribution in [0.15, 0.2) is 24.4 Å². The first kappa shape index (κ1) is 16.1. The number of hydrogen-bond donors (Lipinski definition) is 0. The minimum Gasteiger partial charge on any atom is -0.316 e. The highest BCUT2D eigenvalue weighted by atomic mass is 19.4. The zero-order valence-corrected chi connectivity index (χ0v) is 11.5. The van der Waals surface area contributed by atoms with E-state index in [1.54, 1.807) is 0 Å². The summed E-state index contributed by atoms with van der Waals surface area (Å²) in [7, 11) is 0. The molecule has 2 atom stereocenters. The van der Waals surface area contributed by atoms with E-state index in [1.165, 1.54) is 6.07 Å². The summed E-state index contributed by atoms with van der Waals surface area (Å²) in [4.78, 5) is 11.7. The molecule has 1 heterocycles. The molecule has 0 amide bonds. The summed E-state index contributed by atoms with van der Waals surface area (Å²) in [6.45, 7) is 0. The Bertz CT molecular complexity index is 893. The fourth-order valence-electron chi connectivity index (χ4n) is 2.64. The van der Waals surface area contributed by atoms with Gasteiger partial charge in [-0.2, -0.15) is 18.4 Å². The second-order valence-electron chi connectivity index (χ2n) is 5.11. The van der Waals surface area contributed by atoms with Gasteiger partial charge in [0.2, 0.25) is 5.78 Å². The van der Waals surface area contributed by atoms with Gasteiger partial charge in [-0.1, -0.05) is 0 Å². The Morgan fingerprint density at radius 3 is 2.42 bits per heavy atom. The summed E-state index contributed by atoms with van der Waals surface area (Å²) in [6.07, 6.45) is -9.89. The van der Waals surface area contributed by atoms with Crippen molar-refractivity contribution in [3.63, 3.8) is 0 Å². The normalized spacial score (nSPS) is 20.1. The van der Waals surface area contributed by atoms with Crippen LogP contribution in [0.3, 0.4) is 0 Å². The van der Waals surface area contributed by atoms with Crippen LogP contribution in [0.25, 0.3) is 5.69 Å². The number of carbonyl (C=O) groups excluding carboxylic acids is 1. The number of nitrogens with zero attached hydrogens (tertiary/aromatic N) is 2. The van der Waals surface area contributed by atoms with E-state index in [0.717, 1.165) is 18.2 Å². The number of carbonyl (C=O) groups is 1. The number of benzene rings is 1. The molecule has 0 radical (unpaired) electrons. The first-order valence-corrected chi connectivity index (χ1v) is 6.51. The Morgan fingerprint density at radius 2 is 1.83 bits per heavy atom. The standard InChI is InChI=1S/C15H6F6N2O/c16-9-2-1-7(3-6(9)4-22)23-5-8(15(19,20)21)10-13(23)11(17)12(18)14(10)24/h1-3,5,11-12H. The lowest BCUT2D eigenvalue weighted by molar-refractivity contribution is -0.137. The third-order valence-electron chi connectivity index (χ3n) is 3.71. The molecule has 9 heteroatoms. The third kappa shape index (κ3) is 2.18. The van der Waals surface area contributed by atoms with Gasteiger partial charge in [0.05, 0.1) is 22.4 Å². The van der Waals surface area contributed by atoms with Crippen LogP contribution in [0, 0.1) is 17.1 Å². The number of ketones is 1. The molecule has 2 unspecified atom stereocenters. The van der Waals surface area contributed by atoms with Crippen molar-refractivity contribution in [2.24, 2.45) is 0 Å². The van der Waals surface area contributed by atoms with Gasteiger partial charge in [-0.25, -0.2) is 13.2 Å². The molecule has 0 N–H and O–H groups in total. The number of halogens is 6. The van der Waals surface area contributed by atoms with Crippen LogP contribution in [0.5, 0.6) is 0 Å². The Morgan fingerprint density at radius 1 is 1.17 bits per heavy atom. The predicted molar refractivity (Wildman–Crippen MR) is 68.5 cm³/mol. The van der Waals surface area contributed by atoms with Crippen molar-refractivity contribution >= 4 is 5.78 Å². The maximum atomic E-state index is 14.0. The monoisotopic (exact) mass is 344 g/mol. The second kappa shape index (κ2) is 5.12. The first-order chi connectivity index (χ1) is 11.2. The largest absolute Gasteiger partial charge is 0.418 e. The van der Waals surface area contributed by atoms with E-state index in [1.807, 2.05) is 0 Å². The molecule has 1 aromatic heterocycles. The minimum atomic E-state index is -5.01. The number of hydrogen-bond acceptors (Lipinski definition) is 2. The van der Waals surface area contributed by atoms with E-state index in [0.29, 0.717) is 10.8 Å². The highest BCUT2D eigenvalue weighted by Gasteiger charge is 2.50. The number of alkyl halides is 5. The topological polar surface area (TPSA) is 45.8 Å². The van der Waals surface area contributed by atoms with Gasteiger partial charge in [-0.05, 0) is 18.2 Å². The van der Waals surface area contributed by atoms with Crippen LogP contribution in [0.1, 0.15) is 33.4 Å². The average Bonchev–Trinajstić information content (AvgIpc) is 3.01. The van der Waals surface area contributed by atoms with Crippen LogP contribution in [-0.4, -0.2) is 16.5 Å². The molecule has 1 aromatic carbocycles. The van der Waals surface area contributed by atoms with E-state index in [-0.39, 0.29) is 5.69 Å². The molecule has 0 saturated heterocycles. The third-order valence-corrected chi connectivity index (χ3v) is 3.71. The van der Waals surface area contributed by atoms with Gasteiger partial charge in [-0.3, -0.25) is 4.79 Å². The van der Waals surface area contributed by atoms with Gasteiger partial charge in [0.1, 0.15) is 11.9 Å². The Labute approximate surface area is 130 Å². The van der Waals surface area contributed by atoms with Crippen LogP contribution in [0.4, 0.5) is 26.3 Å². The quantitative estimate of drug-likeness (QED) is 0.733. The van der Waals surface area contributed by atoms with Crippen LogP contribution < -0.4 is 0 Å². The van der Waals surface area contributed by atoms with Crippen LogP contribution >= 0.6 is 0 Å². The summed E-state index contributed by atoms with van der Waals surface area (Å²) in [6, 6.07) is 4.19. The van der Waals surface area contributed by atoms with Gasteiger partial charge in [-0.15, -0.1) is 0 Å². The van der Waals surface area contributed by atoms with Gasteiger partial charge < -0.3 is 4.57 Å². The highest BCUT2D eigenvalue weighted by Crippen LogP contribution is 2.45. The van der Waals surface area contributed by atoms with E-state index >= 15 is 0 Å². The molecule has 3 rings (SSSR count). The summed E-state index contributed by atoms with van der Waals surface area (Å²) in [5.41, 5.74) is -4.03. The van der Waals surface area contributed by atoms with Crippen molar-refractivity contribution in [2.45, 2.75) is 18.5 Å². The zero-order valence-electron chi connectivity index (χ0n) is 11.5. The zero-order chi connectivity index (χ0) is 17.8. The van der Waals surface area contributed by atoms with Crippen molar-refractivity contribution in [1.29, 1.82) is 5.26 Å². The predicted octanol–water partition coefficient (Wildman–Crippen LogP) is 4.05. The Kier molecular flexibility index (Phi) is 3.44. The maximum Gasteiger partial charge on any atom is 0.418 e. The van der Waals surface area contributed by atoms with E-state index in [4.69, 9.17) is 5.26 Å². The van der Waals surface area contributed by atoms with Gasteiger partial charge in [0, 0.05) is 11.9 Å². The molecule has 2 aromatic rings. The first-order valence-electron chi connectivity index (χ1n) is 6.51.